The zero-order chi connectivity index (χ0) is 14.7. The van der Waals surface area contributed by atoms with Gasteiger partial charge >= 0.3 is 0 Å². The number of ether oxygens (including phenoxy) is 1. The Morgan fingerprint density at radius 3 is 3.00 bits per heavy atom. The molecule has 0 spiro atoms. The summed E-state index contributed by atoms with van der Waals surface area (Å²) in [6, 6.07) is 4.43. The molecule has 2 N–H and O–H groups in total. The van der Waals surface area contributed by atoms with Gasteiger partial charge < -0.3 is 15.0 Å². The maximum absolute atomic E-state index is 13.6. The zero-order valence-corrected chi connectivity index (χ0v) is 12.1. The minimum atomic E-state index is -0.629. The second-order valence-electron chi connectivity index (χ2n) is 4.02. The lowest BCUT2D eigenvalue weighted by atomic mass is 10.3. The van der Waals surface area contributed by atoms with Crippen LogP contribution in [0.15, 0.2) is 27.2 Å². The average molecular weight is 344 g/mol. The van der Waals surface area contributed by atoms with Crippen LogP contribution in [0, 0.1) is 5.82 Å². The van der Waals surface area contributed by atoms with Crippen molar-refractivity contribution in [3.8, 4) is 5.75 Å². The summed E-state index contributed by atoms with van der Waals surface area (Å²) in [4.78, 5) is 14.7. The van der Waals surface area contributed by atoms with Crippen molar-refractivity contribution in [1.82, 2.24) is 10.1 Å². The van der Waals surface area contributed by atoms with Crippen molar-refractivity contribution < 1.29 is 18.4 Å². The molecule has 1 amide bonds. The van der Waals surface area contributed by atoms with Crippen LogP contribution >= 0.6 is 15.9 Å². The fraction of sp³-hybridized carbons (Fsp3) is 0.250. The number of carbonyl (C=O) groups is 1. The monoisotopic (exact) mass is 343 g/mol. The first-order chi connectivity index (χ1) is 9.45. The third-order valence-corrected chi connectivity index (χ3v) is 2.86. The Kier molecular flexibility index (Phi) is 4.33. The topological polar surface area (TPSA) is 91.2 Å². The summed E-state index contributed by atoms with van der Waals surface area (Å²) < 4.78 is 24.5. The van der Waals surface area contributed by atoms with Crippen LogP contribution < -0.4 is 10.5 Å². The first-order valence-electron chi connectivity index (χ1n) is 5.68. The van der Waals surface area contributed by atoms with Gasteiger partial charge in [-0.3, -0.25) is 4.79 Å². The molecule has 2 rings (SSSR count). The van der Waals surface area contributed by atoms with Gasteiger partial charge in [0.05, 0.1) is 0 Å². The van der Waals surface area contributed by atoms with Gasteiger partial charge in [0.2, 0.25) is 17.6 Å². The van der Waals surface area contributed by atoms with E-state index < -0.39 is 17.8 Å². The summed E-state index contributed by atoms with van der Waals surface area (Å²) in [7, 11) is 0. The Morgan fingerprint density at radius 2 is 2.35 bits per heavy atom. The van der Waals surface area contributed by atoms with E-state index in [-0.39, 0.29) is 23.9 Å². The molecule has 0 saturated heterocycles. The molecule has 0 aliphatic carbocycles. The molecule has 1 heterocycles. The number of primary amides is 1. The molecule has 8 heteroatoms. The molecule has 20 heavy (non-hydrogen) atoms. The molecule has 1 atom stereocenters. The lowest BCUT2D eigenvalue weighted by molar-refractivity contribution is -0.117. The van der Waals surface area contributed by atoms with E-state index in [0.29, 0.717) is 4.47 Å². The van der Waals surface area contributed by atoms with E-state index >= 15 is 0 Å². The number of carbonyl (C=O) groups excluding carboxylic acids is 1. The highest BCUT2D eigenvalue weighted by atomic mass is 79.9. The van der Waals surface area contributed by atoms with Crippen molar-refractivity contribution in [2.24, 2.45) is 5.73 Å². The van der Waals surface area contributed by atoms with Crippen molar-refractivity contribution in [3.05, 3.63) is 40.2 Å². The highest BCUT2D eigenvalue weighted by Crippen LogP contribution is 2.25. The highest BCUT2D eigenvalue weighted by Gasteiger charge is 2.18. The molecule has 0 unspecified atom stereocenters. The van der Waals surface area contributed by atoms with Crippen LogP contribution in [-0.2, 0) is 11.2 Å². The molecule has 0 fully saturated rings. The third-order valence-electron chi connectivity index (χ3n) is 2.37. The summed E-state index contributed by atoms with van der Waals surface area (Å²) in [5.41, 5.74) is 5.02. The van der Waals surface area contributed by atoms with E-state index in [0.717, 1.165) is 0 Å². The van der Waals surface area contributed by atoms with Gasteiger partial charge in [-0.2, -0.15) is 4.98 Å². The molecule has 0 aliphatic heterocycles. The summed E-state index contributed by atoms with van der Waals surface area (Å²) >= 11 is 3.15. The van der Waals surface area contributed by atoms with E-state index in [9.17, 15) is 9.18 Å². The summed E-state index contributed by atoms with van der Waals surface area (Å²) in [6.45, 7) is 1.64. The van der Waals surface area contributed by atoms with Gasteiger partial charge in [0.1, 0.15) is 6.42 Å². The molecular weight excluding hydrogens is 333 g/mol. The second kappa shape index (κ2) is 6.00. The summed E-state index contributed by atoms with van der Waals surface area (Å²) in [5.74, 6) is -0.704. The standard InChI is InChI=1S/C12H11BrFN3O3/c1-6(12-16-11(20-17-12)5-10(15)18)19-9-3-2-7(13)4-8(9)14/h2-4,6H,5H2,1H3,(H2,15,18)/t6-/m0/s1. The quantitative estimate of drug-likeness (QED) is 0.897. The van der Waals surface area contributed by atoms with E-state index in [1.165, 1.54) is 12.1 Å². The Hall–Kier alpha value is -1.96. The SMILES string of the molecule is C[C@H](Oc1ccc(Br)cc1F)c1noc(CC(N)=O)n1. The molecule has 0 radical (unpaired) electrons. The van der Waals surface area contributed by atoms with Crippen molar-refractivity contribution in [1.29, 1.82) is 0 Å². The maximum Gasteiger partial charge on any atom is 0.236 e. The van der Waals surface area contributed by atoms with Crippen LogP contribution in [0.2, 0.25) is 0 Å². The average Bonchev–Trinajstić information content (AvgIpc) is 2.80. The number of nitrogens with two attached hydrogens (primary N) is 1. The van der Waals surface area contributed by atoms with Crippen LogP contribution in [0.4, 0.5) is 4.39 Å². The zero-order valence-electron chi connectivity index (χ0n) is 10.5. The number of hydrogen-bond acceptors (Lipinski definition) is 5. The van der Waals surface area contributed by atoms with Crippen LogP contribution in [0.3, 0.4) is 0 Å². The summed E-state index contributed by atoms with van der Waals surface area (Å²) in [5, 5.41) is 3.66. The molecular formula is C12H11BrFN3O3. The van der Waals surface area contributed by atoms with Gasteiger partial charge in [0, 0.05) is 4.47 Å². The van der Waals surface area contributed by atoms with Gasteiger partial charge in [0.15, 0.2) is 17.7 Å². The Bertz CT molecular complexity index is 632. The molecule has 0 bridgehead atoms. The number of halogens is 2. The van der Waals surface area contributed by atoms with Gasteiger partial charge in [0.25, 0.3) is 0 Å². The normalized spacial score (nSPS) is 12.2. The Labute approximate surface area is 122 Å². The first kappa shape index (κ1) is 14.4. The fourth-order valence-corrected chi connectivity index (χ4v) is 1.80. The van der Waals surface area contributed by atoms with Crippen molar-refractivity contribution in [3.63, 3.8) is 0 Å². The van der Waals surface area contributed by atoms with Crippen molar-refractivity contribution in [2.75, 3.05) is 0 Å². The van der Waals surface area contributed by atoms with E-state index in [1.807, 2.05) is 0 Å². The molecule has 1 aromatic carbocycles. The van der Waals surface area contributed by atoms with E-state index in [2.05, 4.69) is 26.1 Å². The molecule has 1 aromatic heterocycles. The number of aromatic nitrogens is 2. The van der Waals surface area contributed by atoms with Gasteiger partial charge in [-0.25, -0.2) is 4.39 Å². The van der Waals surface area contributed by atoms with Crippen molar-refractivity contribution >= 4 is 21.8 Å². The first-order valence-corrected chi connectivity index (χ1v) is 6.47. The molecule has 0 saturated carbocycles. The Morgan fingerprint density at radius 1 is 1.60 bits per heavy atom. The number of nitrogens with zero attached hydrogens (tertiary/aromatic N) is 2. The second-order valence-corrected chi connectivity index (χ2v) is 4.94. The van der Waals surface area contributed by atoms with E-state index in [1.54, 1.807) is 13.0 Å². The summed E-state index contributed by atoms with van der Waals surface area (Å²) in [6.07, 6.45) is -0.775. The van der Waals surface area contributed by atoms with Crippen LogP contribution in [-0.4, -0.2) is 16.0 Å². The minimum Gasteiger partial charge on any atom is -0.480 e. The van der Waals surface area contributed by atoms with Crippen molar-refractivity contribution in [2.45, 2.75) is 19.4 Å². The number of amides is 1. The highest BCUT2D eigenvalue weighted by molar-refractivity contribution is 9.10. The van der Waals surface area contributed by atoms with Gasteiger partial charge in [-0.05, 0) is 25.1 Å². The van der Waals surface area contributed by atoms with Crippen LogP contribution in [0.1, 0.15) is 24.7 Å². The fourth-order valence-electron chi connectivity index (χ4n) is 1.47. The molecule has 106 valence electrons. The van der Waals surface area contributed by atoms with Crippen LogP contribution in [0.25, 0.3) is 0 Å². The molecule has 2 aromatic rings. The number of rotatable bonds is 5. The lowest BCUT2D eigenvalue weighted by Gasteiger charge is -2.11. The lowest BCUT2D eigenvalue weighted by Crippen LogP contribution is -2.14. The molecule has 0 aliphatic rings. The predicted octanol–water partition coefficient (Wildman–Crippen LogP) is 2.14. The third kappa shape index (κ3) is 3.53. The van der Waals surface area contributed by atoms with E-state index in [4.69, 9.17) is 15.0 Å². The Balaban J connectivity index is 2.09. The van der Waals surface area contributed by atoms with Gasteiger partial charge in [-0.15, -0.1) is 0 Å². The number of benzene rings is 1. The van der Waals surface area contributed by atoms with Crippen LogP contribution in [0.5, 0.6) is 5.75 Å². The maximum atomic E-state index is 13.6. The predicted molar refractivity (Wildman–Crippen MR) is 70.3 cm³/mol. The largest absolute Gasteiger partial charge is 0.480 e. The number of hydrogen-bond donors (Lipinski definition) is 1. The van der Waals surface area contributed by atoms with Gasteiger partial charge in [-0.1, -0.05) is 21.1 Å². The molecule has 6 nitrogen and oxygen atoms in total. The minimum absolute atomic E-state index is 0.0713. The smallest absolute Gasteiger partial charge is 0.236 e.